The van der Waals surface area contributed by atoms with Gasteiger partial charge in [-0.25, -0.2) is 0 Å². The standard InChI is InChI=1S/C24H30N2O4/c1-3-15(4-2)12-26-14-24-10-8-19(30-24)20(21(24)23(26)29)22(28)25-11-9-17-16(13-25)6-5-7-18(17)27/h5-8,10,15,19-21,27H,3-4,9,11-14H2,1-2H3/t19-,20?,21?,24-/m1/s1. The fourth-order valence-electron chi connectivity index (χ4n) is 5.86. The second-order valence-electron chi connectivity index (χ2n) is 9.23. The zero-order valence-electron chi connectivity index (χ0n) is 17.7. The Labute approximate surface area is 177 Å². The molecule has 2 fully saturated rings. The SMILES string of the molecule is CCC(CC)CN1C[C@@]23C=C[C@@H](O2)C(C(=O)N2CCc4c(O)cccc4C2)C3C1=O. The molecule has 0 radical (unpaired) electrons. The summed E-state index contributed by atoms with van der Waals surface area (Å²) in [6.07, 6.45) is 6.41. The van der Waals surface area contributed by atoms with Gasteiger partial charge in [-0.2, -0.15) is 0 Å². The third kappa shape index (κ3) is 2.80. The molecule has 6 heteroatoms. The molecule has 1 aromatic rings. The molecule has 4 aliphatic rings. The molecule has 2 unspecified atom stereocenters. The summed E-state index contributed by atoms with van der Waals surface area (Å²) in [4.78, 5) is 30.7. The van der Waals surface area contributed by atoms with Crippen LogP contribution in [0.4, 0.5) is 0 Å². The topological polar surface area (TPSA) is 70.1 Å². The minimum absolute atomic E-state index is 0.00273. The lowest BCUT2D eigenvalue weighted by Gasteiger charge is -2.34. The van der Waals surface area contributed by atoms with Crippen molar-refractivity contribution in [3.8, 4) is 5.75 Å². The number of rotatable bonds is 5. The van der Waals surface area contributed by atoms with E-state index in [4.69, 9.17) is 4.74 Å². The normalized spacial score (nSPS) is 31.6. The summed E-state index contributed by atoms with van der Waals surface area (Å²) in [6, 6.07) is 5.47. The molecule has 5 rings (SSSR count). The number of ether oxygens (including phenoxy) is 1. The molecule has 4 aliphatic heterocycles. The van der Waals surface area contributed by atoms with Gasteiger partial charge in [0.25, 0.3) is 0 Å². The van der Waals surface area contributed by atoms with E-state index in [9.17, 15) is 14.7 Å². The number of hydrogen-bond donors (Lipinski definition) is 1. The van der Waals surface area contributed by atoms with Crippen molar-refractivity contribution >= 4 is 11.8 Å². The Bertz CT molecular complexity index is 908. The van der Waals surface area contributed by atoms with Crippen LogP contribution in [0, 0.1) is 17.8 Å². The molecular weight excluding hydrogens is 380 g/mol. The Hall–Kier alpha value is -2.34. The van der Waals surface area contributed by atoms with Gasteiger partial charge in [0, 0.05) is 25.2 Å². The van der Waals surface area contributed by atoms with Crippen molar-refractivity contribution in [3.63, 3.8) is 0 Å². The van der Waals surface area contributed by atoms with Crippen molar-refractivity contribution < 1.29 is 19.4 Å². The summed E-state index contributed by atoms with van der Waals surface area (Å²) in [6.45, 7) is 6.65. The van der Waals surface area contributed by atoms with E-state index in [-0.39, 0.29) is 17.9 Å². The number of aromatic hydroxyl groups is 1. The lowest BCUT2D eigenvalue weighted by atomic mass is 9.76. The van der Waals surface area contributed by atoms with E-state index in [0.717, 1.165) is 30.5 Å². The van der Waals surface area contributed by atoms with Gasteiger partial charge < -0.3 is 19.6 Å². The maximum absolute atomic E-state index is 13.6. The number of carbonyl (C=O) groups excluding carboxylic acids is 2. The Morgan fingerprint density at radius 2 is 2.13 bits per heavy atom. The quantitative estimate of drug-likeness (QED) is 0.758. The largest absolute Gasteiger partial charge is 0.508 e. The van der Waals surface area contributed by atoms with Gasteiger partial charge in [0.15, 0.2) is 0 Å². The first kappa shape index (κ1) is 19.6. The second kappa shape index (κ2) is 7.12. The molecule has 160 valence electrons. The molecule has 0 aliphatic carbocycles. The number of benzene rings is 1. The first-order valence-electron chi connectivity index (χ1n) is 11.2. The van der Waals surface area contributed by atoms with Gasteiger partial charge in [-0.05, 0) is 24.0 Å². The van der Waals surface area contributed by atoms with Crippen LogP contribution in [0.1, 0.15) is 37.8 Å². The molecule has 4 atom stereocenters. The van der Waals surface area contributed by atoms with Crippen LogP contribution in [0.25, 0.3) is 0 Å². The molecular formula is C24H30N2O4. The Balaban J connectivity index is 1.37. The highest BCUT2D eigenvalue weighted by molar-refractivity contribution is 5.93. The fourth-order valence-corrected chi connectivity index (χ4v) is 5.86. The molecule has 2 bridgehead atoms. The van der Waals surface area contributed by atoms with Crippen molar-refractivity contribution in [1.29, 1.82) is 0 Å². The van der Waals surface area contributed by atoms with Gasteiger partial charge in [-0.1, -0.05) is 51.0 Å². The molecule has 2 amide bonds. The van der Waals surface area contributed by atoms with Gasteiger partial charge >= 0.3 is 0 Å². The molecule has 2 saturated heterocycles. The minimum atomic E-state index is -0.639. The number of carbonyl (C=O) groups is 2. The summed E-state index contributed by atoms with van der Waals surface area (Å²) >= 11 is 0. The van der Waals surface area contributed by atoms with E-state index in [1.807, 2.05) is 34.1 Å². The zero-order valence-corrected chi connectivity index (χ0v) is 17.7. The predicted molar refractivity (Wildman–Crippen MR) is 112 cm³/mol. The average Bonchev–Trinajstić information content (AvgIpc) is 3.39. The maximum atomic E-state index is 13.6. The zero-order chi connectivity index (χ0) is 21.0. The summed E-state index contributed by atoms with van der Waals surface area (Å²) in [5, 5.41) is 10.1. The first-order chi connectivity index (χ1) is 14.5. The van der Waals surface area contributed by atoms with E-state index >= 15 is 0 Å². The monoisotopic (exact) mass is 410 g/mol. The number of phenols is 1. The van der Waals surface area contributed by atoms with E-state index in [2.05, 4.69) is 13.8 Å². The molecule has 1 N–H and O–H groups in total. The highest BCUT2D eigenvalue weighted by atomic mass is 16.5. The Morgan fingerprint density at radius 1 is 1.33 bits per heavy atom. The summed E-state index contributed by atoms with van der Waals surface area (Å²) in [5.41, 5.74) is 1.27. The summed E-state index contributed by atoms with van der Waals surface area (Å²) in [7, 11) is 0. The highest BCUT2D eigenvalue weighted by Crippen LogP contribution is 2.52. The van der Waals surface area contributed by atoms with Gasteiger partial charge in [-0.15, -0.1) is 0 Å². The fraction of sp³-hybridized carbons (Fsp3) is 0.583. The van der Waals surface area contributed by atoms with Crippen LogP contribution >= 0.6 is 0 Å². The molecule has 1 aromatic carbocycles. The number of likely N-dealkylation sites (tertiary alicyclic amines) is 1. The van der Waals surface area contributed by atoms with Crippen LogP contribution < -0.4 is 0 Å². The van der Waals surface area contributed by atoms with Crippen molar-refractivity contribution in [2.24, 2.45) is 17.8 Å². The van der Waals surface area contributed by atoms with Crippen LogP contribution in [0.3, 0.4) is 0 Å². The van der Waals surface area contributed by atoms with Crippen molar-refractivity contribution in [1.82, 2.24) is 9.80 Å². The van der Waals surface area contributed by atoms with E-state index in [1.165, 1.54) is 0 Å². The lowest BCUT2D eigenvalue weighted by molar-refractivity contribution is -0.144. The molecule has 0 aromatic heterocycles. The van der Waals surface area contributed by atoms with Crippen LogP contribution in [0.15, 0.2) is 30.4 Å². The molecule has 0 saturated carbocycles. The average molecular weight is 411 g/mol. The third-order valence-electron chi connectivity index (χ3n) is 7.65. The Kier molecular flexibility index (Phi) is 4.65. The van der Waals surface area contributed by atoms with Crippen LogP contribution in [-0.2, 0) is 27.3 Å². The third-order valence-corrected chi connectivity index (χ3v) is 7.65. The maximum Gasteiger partial charge on any atom is 0.230 e. The van der Waals surface area contributed by atoms with Crippen molar-refractivity contribution in [2.75, 3.05) is 19.6 Å². The minimum Gasteiger partial charge on any atom is -0.508 e. The molecule has 6 nitrogen and oxygen atoms in total. The van der Waals surface area contributed by atoms with Gasteiger partial charge in [0.05, 0.1) is 24.5 Å². The number of amides is 2. The number of nitrogens with zero attached hydrogens (tertiary/aromatic N) is 2. The van der Waals surface area contributed by atoms with E-state index in [1.54, 1.807) is 6.07 Å². The Morgan fingerprint density at radius 3 is 2.90 bits per heavy atom. The first-order valence-corrected chi connectivity index (χ1v) is 11.2. The molecule has 1 spiro atoms. The van der Waals surface area contributed by atoms with Crippen LogP contribution in [0.5, 0.6) is 5.75 Å². The van der Waals surface area contributed by atoms with Gasteiger partial charge in [0.1, 0.15) is 11.4 Å². The van der Waals surface area contributed by atoms with Crippen molar-refractivity contribution in [2.45, 2.75) is 51.4 Å². The highest BCUT2D eigenvalue weighted by Gasteiger charge is 2.67. The van der Waals surface area contributed by atoms with Crippen LogP contribution in [0.2, 0.25) is 0 Å². The number of hydrogen-bond acceptors (Lipinski definition) is 4. The molecule has 30 heavy (non-hydrogen) atoms. The smallest absolute Gasteiger partial charge is 0.230 e. The lowest BCUT2D eigenvalue weighted by Crippen LogP contribution is -2.47. The van der Waals surface area contributed by atoms with Crippen molar-refractivity contribution in [3.05, 3.63) is 41.5 Å². The summed E-state index contributed by atoms with van der Waals surface area (Å²) < 4.78 is 6.29. The number of phenolic OH excluding ortho intramolecular Hbond substituents is 1. The summed E-state index contributed by atoms with van der Waals surface area (Å²) in [5.74, 6) is -0.0170. The number of fused-ring (bicyclic) bond motifs is 2. The van der Waals surface area contributed by atoms with Crippen LogP contribution in [-0.4, -0.2) is 58.1 Å². The molecule has 4 heterocycles. The van der Waals surface area contributed by atoms with Gasteiger partial charge in [0.2, 0.25) is 11.8 Å². The second-order valence-corrected chi connectivity index (χ2v) is 9.23. The van der Waals surface area contributed by atoms with E-state index < -0.39 is 17.4 Å². The van der Waals surface area contributed by atoms with Gasteiger partial charge in [-0.3, -0.25) is 9.59 Å². The van der Waals surface area contributed by atoms with E-state index in [0.29, 0.717) is 37.7 Å². The predicted octanol–water partition coefficient (Wildman–Crippen LogP) is 2.50.